The average molecular weight is 280 g/mol. The van der Waals surface area contributed by atoms with Gasteiger partial charge in [-0.05, 0) is 45.7 Å². The highest BCUT2D eigenvalue weighted by Crippen LogP contribution is 2.38. The number of carbonyl (C=O) groups is 1. The van der Waals surface area contributed by atoms with Gasteiger partial charge in [-0.25, -0.2) is 0 Å². The molecule has 4 heteroatoms. The summed E-state index contributed by atoms with van der Waals surface area (Å²) in [5.74, 6) is 0.204. The smallest absolute Gasteiger partial charge is 0.225 e. The van der Waals surface area contributed by atoms with Crippen LogP contribution in [0, 0.1) is 6.92 Å². The van der Waals surface area contributed by atoms with Crippen molar-refractivity contribution in [1.29, 1.82) is 0 Å². The van der Waals surface area contributed by atoms with E-state index >= 15 is 0 Å². The van der Waals surface area contributed by atoms with Gasteiger partial charge in [0, 0.05) is 23.2 Å². The van der Waals surface area contributed by atoms with Crippen LogP contribution in [0.3, 0.4) is 0 Å². The quantitative estimate of drug-likeness (QED) is 0.903. The van der Waals surface area contributed by atoms with Crippen molar-refractivity contribution in [3.8, 4) is 0 Å². The van der Waals surface area contributed by atoms with Crippen LogP contribution in [0.4, 0.5) is 0 Å². The predicted octanol–water partition coefficient (Wildman–Crippen LogP) is 3.02. The Labute approximate surface area is 120 Å². The van der Waals surface area contributed by atoms with E-state index in [-0.39, 0.29) is 17.1 Å². The number of carbonyl (C=O) groups excluding carboxylic acids is 1. The van der Waals surface area contributed by atoms with Gasteiger partial charge in [0.1, 0.15) is 0 Å². The van der Waals surface area contributed by atoms with Gasteiger partial charge in [-0.3, -0.25) is 10.1 Å². The Morgan fingerprint density at radius 1 is 1.42 bits per heavy atom. The van der Waals surface area contributed by atoms with E-state index < -0.39 is 0 Å². The highest BCUT2D eigenvalue weighted by Gasteiger charge is 2.44. The molecule has 0 bridgehead atoms. The fourth-order valence-corrected chi connectivity index (χ4v) is 4.04. The first-order valence-corrected chi connectivity index (χ1v) is 7.67. The fraction of sp³-hybridized carbons (Fsp3) is 0.667. The van der Waals surface area contributed by atoms with Gasteiger partial charge in [-0.2, -0.15) is 0 Å². The molecule has 2 heterocycles. The summed E-state index contributed by atoms with van der Waals surface area (Å²) in [7, 11) is 1.87. The predicted molar refractivity (Wildman–Crippen MR) is 80.4 cm³/mol. The van der Waals surface area contributed by atoms with E-state index in [4.69, 9.17) is 0 Å². The Bertz CT molecular complexity index is 506. The molecule has 0 radical (unpaired) electrons. The maximum absolute atomic E-state index is 12.3. The van der Waals surface area contributed by atoms with Crippen molar-refractivity contribution in [2.24, 2.45) is 0 Å². The summed E-state index contributed by atoms with van der Waals surface area (Å²) >= 11 is 1.82. The van der Waals surface area contributed by atoms with E-state index in [1.165, 1.54) is 15.3 Å². The van der Waals surface area contributed by atoms with E-state index in [0.717, 1.165) is 6.42 Å². The zero-order valence-corrected chi connectivity index (χ0v) is 13.6. The normalized spacial score (nSPS) is 26.8. The summed E-state index contributed by atoms with van der Waals surface area (Å²) in [5, 5.41) is 3.65. The zero-order chi connectivity index (χ0) is 14.4. The Balaban J connectivity index is 2.39. The Morgan fingerprint density at radius 3 is 2.53 bits per heavy atom. The van der Waals surface area contributed by atoms with Gasteiger partial charge in [0.15, 0.2) is 0 Å². The number of hydrogen-bond donors (Lipinski definition) is 1. The van der Waals surface area contributed by atoms with Gasteiger partial charge in [0.2, 0.25) is 5.91 Å². The molecule has 1 aromatic heterocycles. The van der Waals surface area contributed by atoms with E-state index in [9.17, 15) is 4.79 Å². The highest BCUT2D eigenvalue weighted by atomic mass is 32.1. The topological polar surface area (TPSA) is 32.3 Å². The van der Waals surface area contributed by atoms with Gasteiger partial charge < -0.3 is 4.90 Å². The third kappa shape index (κ3) is 2.43. The van der Waals surface area contributed by atoms with Crippen molar-refractivity contribution in [3.63, 3.8) is 0 Å². The molecule has 3 nitrogen and oxygen atoms in total. The molecule has 106 valence electrons. The summed E-state index contributed by atoms with van der Waals surface area (Å²) in [6.07, 6.45) is 1.58. The molecule has 1 aromatic rings. The number of thiophene rings is 1. The van der Waals surface area contributed by atoms with Crippen LogP contribution in [0.15, 0.2) is 6.07 Å². The highest BCUT2D eigenvalue weighted by molar-refractivity contribution is 7.12. The molecule has 1 aliphatic heterocycles. The van der Waals surface area contributed by atoms with E-state index in [1.807, 2.05) is 18.4 Å². The number of nitrogens with zero attached hydrogens (tertiary/aromatic N) is 1. The minimum Gasteiger partial charge on any atom is -0.328 e. The fourth-order valence-electron chi connectivity index (χ4n) is 2.83. The van der Waals surface area contributed by atoms with E-state index in [2.05, 4.69) is 46.0 Å². The molecule has 0 saturated carbocycles. The molecule has 19 heavy (non-hydrogen) atoms. The monoisotopic (exact) mass is 280 g/mol. The molecule has 1 aliphatic rings. The SMILES string of the molecule is CCc1cc([C@]2(C)CC(=O)N(C)C(C)(C)N2)sc1C. The Morgan fingerprint density at radius 2 is 2.05 bits per heavy atom. The lowest BCUT2D eigenvalue weighted by atomic mass is 9.88. The average Bonchev–Trinajstić information content (AvgIpc) is 2.67. The molecule has 0 aliphatic carbocycles. The summed E-state index contributed by atoms with van der Waals surface area (Å²) in [6.45, 7) is 10.6. The second kappa shape index (κ2) is 4.60. The summed E-state index contributed by atoms with van der Waals surface area (Å²) < 4.78 is 0. The molecule has 0 spiro atoms. The molecule has 1 amide bonds. The third-order valence-electron chi connectivity index (χ3n) is 4.24. The van der Waals surface area contributed by atoms with E-state index in [1.54, 1.807) is 4.90 Å². The minimum atomic E-state index is -0.311. The van der Waals surface area contributed by atoms with Crippen LogP contribution in [0.25, 0.3) is 0 Å². The molecule has 1 fully saturated rings. The van der Waals surface area contributed by atoms with Gasteiger partial charge in [-0.15, -0.1) is 11.3 Å². The molecule has 0 aromatic carbocycles. The Hall–Kier alpha value is -0.870. The molecular weight excluding hydrogens is 256 g/mol. The minimum absolute atomic E-state index is 0.204. The maximum Gasteiger partial charge on any atom is 0.225 e. The first-order valence-electron chi connectivity index (χ1n) is 6.85. The van der Waals surface area contributed by atoms with Gasteiger partial charge in [0.05, 0.1) is 11.2 Å². The molecule has 0 unspecified atom stereocenters. The van der Waals surface area contributed by atoms with Crippen LogP contribution in [-0.2, 0) is 16.8 Å². The van der Waals surface area contributed by atoms with Crippen molar-refractivity contribution >= 4 is 17.2 Å². The number of hydrogen-bond acceptors (Lipinski definition) is 3. The lowest BCUT2D eigenvalue weighted by molar-refractivity contribution is -0.144. The third-order valence-corrected chi connectivity index (χ3v) is 5.60. The van der Waals surface area contributed by atoms with Crippen LogP contribution in [-0.4, -0.2) is 23.5 Å². The first-order chi connectivity index (χ1) is 8.69. The molecule has 1 saturated heterocycles. The van der Waals surface area contributed by atoms with E-state index in [0.29, 0.717) is 6.42 Å². The number of nitrogens with one attached hydrogen (secondary N) is 1. The molecule has 2 rings (SSSR count). The number of amides is 1. The first kappa shape index (κ1) is 14.5. The van der Waals surface area contributed by atoms with Crippen molar-refractivity contribution in [2.75, 3.05) is 7.05 Å². The second-order valence-electron chi connectivity index (χ2n) is 6.19. The van der Waals surface area contributed by atoms with Crippen LogP contribution in [0.1, 0.15) is 49.4 Å². The van der Waals surface area contributed by atoms with Crippen molar-refractivity contribution in [2.45, 2.75) is 58.7 Å². The lowest BCUT2D eigenvalue weighted by Crippen LogP contribution is -2.66. The zero-order valence-electron chi connectivity index (χ0n) is 12.8. The van der Waals surface area contributed by atoms with Crippen LogP contribution < -0.4 is 5.32 Å². The number of aryl methyl sites for hydroxylation is 2. The standard InChI is InChI=1S/C15H24N2OS/c1-7-11-8-12(19-10(11)2)15(5)9-13(18)17(6)14(3,4)16-15/h8,16H,7,9H2,1-6H3/t15-/m0/s1. The van der Waals surface area contributed by atoms with Crippen LogP contribution in [0.5, 0.6) is 0 Å². The van der Waals surface area contributed by atoms with Gasteiger partial charge in [-0.1, -0.05) is 6.92 Å². The largest absolute Gasteiger partial charge is 0.328 e. The van der Waals surface area contributed by atoms with Gasteiger partial charge >= 0.3 is 0 Å². The number of rotatable bonds is 2. The van der Waals surface area contributed by atoms with Crippen LogP contribution >= 0.6 is 11.3 Å². The van der Waals surface area contributed by atoms with Crippen molar-refractivity contribution in [3.05, 3.63) is 21.4 Å². The lowest BCUT2D eigenvalue weighted by Gasteiger charge is -2.49. The summed E-state index contributed by atoms with van der Waals surface area (Å²) in [4.78, 5) is 16.7. The maximum atomic E-state index is 12.3. The summed E-state index contributed by atoms with van der Waals surface area (Å²) in [5.41, 5.74) is 0.830. The van der Waals surface area contributed by atoms with Gasteiger partial charge in [0.25, 0.3) is 0 Å². The van der Waals surface area contributed by atoms with Crippen molar-refractivity contribution < 1.29 is 4.79 Å². The molecular formula is C15H24N2OS. The molecule has 1 N–H and O–H groups in total. The molecule has 1 atom stereocenters. The Kier molecular flexibility index (Phi) is 3.52. The second-order valence-corrected chi connectivity index (χ2v) is 7.45. The summed E-state index contributed by atoms with van der Waals surface area (Å²) in [6, 6.07) is 2.27. The van der Waals surface area contributed by atoms with Crippen LogP contribution in [0.2, 0.25) is 0 Å². The van der Waals surface area contributed by atoms with Crippen molar-refractivity contribution in [1.82, 2.24) is 10.2 Å².